The highest BCUT2D eigenvalue weighted by atomic mass is 32.2. The maximum atomic E-state index is 14.9. The fourth-order valence-electron chi connectivity index (χ4n) is 9.74. The summed E-state index contributed by atoms with van der Waals surface area (Å²) in [4.78, 5) is 46.8. The van der Waals surface area contributed by atoms with Gasteiger partial charge in [-0.3, -0.25) is 0 Å². The zero-order chi connectivity index (χ0) is 47.2. The lowest BCUT2D eigenvalue weighted by atomic mass is 9.75. The first kappa shape index (κ1) is 51.5. The Hall–Kier alpha value is -3.92. The number of aliphatic imine (C=N–C) groups is 1. The number of aromatic nitrogens is 3. The van der Waals surface area contributed by atoms with E-state index in [9.17, 15) is 9.59 Å². The second-order valence-corrected chi connectivity index (χ2v) is 20.0. The molecule has 0 amide bonds. The van der Waals surface area contributed by atoms with Gasteiger partial charge in [0.15, 0.2) is 16.8 Å². The maximum absolute atomic E-state index is 14.9. The van der Waals surface area contributed by atoms with Crippen LogP contribution in [0.3, 0.4) is 0 Å². The largest absolute Gasteiger partial charge is 0.458 e. The molecule has 2 aliphatic heterocycles. The van der Waals surface area contributed by atoms with E-state index in [-0.39, 0.29) is 41.5 Å². The summed E-state index contributed by atoms with van der Waals surface area (Å²) in [7, 11) is 0. The van der Waals surface area contributed by atoms with Gasteiger partial charge >= 0.3 is 11.7 Å². The molecule has 1 N–H and O–H groups in total. The molecule has 3 heterocycles. The minimum atomic E-state index is -0.519. The molecule has 0 saturated heterocycles. The van der Waals surface area contributed by atoms with Crippen LogP contribution in [0.25, 0.3) is 11.1 Å². The zero-order valence-corrected chi connectivity index (χ0v) is 41.6. The van der Waals surface area contributed by atoms with Crippen molar-refractivity contribution in [2.24, 2.45) is 28.7 Å². The third kappa shape index (κ3) is 13.2. The van der Waals surface area contributed by atoms with Gasteiger partial charge < -0.3 is 33.7 Å². The van der Waals surface area contributed by atoms with Crippen molar-refractivity contribution < 1.29 is 33.6 Å². The number of aliphatic hydroxyl groups excluding tert-OH is 1. The van der Waals surface area contributed by atoms with Crippen molar-refractivity contribution in [1.29, 1.82) is 0 Å². The minimum Gasteiger partial charge on any atom is -0.458 e. The number of allylic oxidation sites excluding steroid dienone is 1. The minimum absolute atomic E-state index is 0.00667. The number of thioether (sulfide) groups is 1. The fraction of sp³-hybridized carbons (Fsp3) is 0.635. The number of anilines is 1. The van der Waals surface area contributed by atoms with E-state index in [1.54, 1.807) is 0 Å². The van der Waals surface area contributed by atoms with Gasteiger partial charge in [-0.05, 0) is 105 Å². The van der Waals surface area contributed by atoms with Gasteiger partial charge in [0, 0.05) is 29.1 Å². The van der Waals surface area contributed by atoms with Crippen molar-refractivity contribution in [3.05, 3.63) is 75.5 Å². The summed E-state index contributed by atoms with van der Waals surface area (Å²) >= 11 is 1.49. The number of unbranched alkanes of at least 4 members (excludes halogenated alkanes) is 1. The number of aryl methyl sites for hydroxylation is 2. The molecule has 3 aliphatic rings. The van der Waals surface area contributed by atoms with E-state index in [4.69, 9.17) is 38.8 Å². The Balaban J connectivity index is 1.30. The van der Waals surface area contributed by atoms with Gasteiger partial charge in [0.2, 0.25) is 0 Å². The van der Waals surface area contributed by atoms with E-state index in [2.05, 4.69) is 70.5 Å². The molecule has 3 unspecified atom stereocenters. The van der Waals surface area contributed by atoms with Crippen LogP contribution in [-0.2, 0) is 34.9 Å². The first-order valence-electron chi connectivity index (χ1n) is 24.4. The Labute approximate surface area is 397 Å². The highest BCUT2D eigenvalue weighted by Gasteiger charge is 2.41. The van der Waals surface area contributed by atoms with Crippen LogP contribution < -0.4 is 10.6 Å². The smallest absolute Gasteiger partial charge is 0.357 e. The molecule has 1 saturated carbocycles. The zero-order valence-electron chi connectivity index (χ0n) is 40.8. The predicted molar refractivity (Wildman–Crippen MR) is 264 cm³/mol. The fourth-order valence-corrected chi connectivity index (χ4v) is 10.8. The van der Waals surface area contributed by atoms with E-state index in [0.717, 1.165) is 79.5 Å². The molecule has 362 valence electrons. The van der Waals surface area contributed by atoms with E-state index in [1.165, 1.54) is 16.3 Å². The monoisotopic (exact) mass is 930 g/mol. The van der Waals surface area contributed by atoms with E-state index >= 15 is 0 Å². The van der Waals surface area contributed by atoms with Gasteiger partial charge in [-0.1, -0.05) is 96.0 Å². The highest BCUT2D eigenvalue weighted by molar-refractivity contribution is 7.99. The maximum Gasteiger partial charge on any atom is 0.357 e. The number of carbonyl (C=O) groups excluding carboxylic acids is 1. The number of nitrogens with zero attached hydrogens (tertiary/aromatic N) is 5. The molecule has 66 heavy (non-hydrogen) atoms. The van der Waals surface area contributed by atoms with Gasteiger partial charge in [-0.15, -0.1) is 0 Å². The summed E-state index contributed by atoms with van der Waals surface area (Å²) in [5, 5.41) is 9.15. The number of benzene rings is 2. The molecule has 0 bridgehead atoms. The second-order valence-electron chi connectivity index (χ2n) is 19.0. The molecule has 13 nitrogen and oxygen atoms in total. The van der Waals surface area contributed by atoms with Crippen molar-refractivity contribution in [2.45, 2.75) is 124 Å². The third-order valence-corrected chi connectivity index (χ3v) is 14.4. The van der Waals surface area contributed by atoms with Crippen LogP contribution in [0.5, 0.6) is 0 Å². The number of ether oxygens (including phenoxy) is 5. The van der Waals surface area contributed by atoms with Crippen LogP contribution in [0.15, 0.2) is 57.4 Å². The van der Waals surface area contributed by atoms with Gasteiger partial charge in [-0.2, -0.15) is 4.98 Å². The lowest BCUT2D eigenvalue weighted by molar-refractivity contribution is -0.150. The first-order chi connectivity index (χ1) is 31.9. The predicted octanol–water partition coefficient (Wildman–Crippen LogP) is 8.96. The third-order valence-electron chi connectivity index (χ3n) is 13.3. The summed E-state index contributed by atoms with van der Waals surface area (Å²) in [6.07, 6.45) is 7.88. The highest BCUT2D eigenvalue weighted by Crippen LogP contribution is 2.43. The molecule has 1 fully saturated rings. The number of hydrogen-bond acceptors (Lipinski definition) is 13. The Morgan fingerprint density at radius 3 is 2.21 bits per heavy atom. The molecule has 3 aromatic rings. The summed E-state index contributed by atoms with van der Waals surface area (Å²) < 4.78 is 30.4. The number of carbonyl (C=O) groups is 1. The lowest BCUT2D eigenvalue weighted by Gasteiger charge is -2.45. The lowest BCUT2D eigenvalue weighted by Crippen LogP contribution is -2.49. The molecule has 1 aromatic heterocycles. The molecular weight excluding hydrogens is 855 g/mol. The number of aliphatic hydroxyl groups is 1. The number of hydrogen-bond donors (Lipinski definition) is 1. The van der Waals surface area contributed by atoms with Crippen LogP contribution in [0, 0.1) is 30.6 Å². The van der Waals surface area contributed by atoms with E-state index in [1.807, 2.05) is 37.3 Å². The summed E-state index contributed by atoms with van der Waals surface area (Å²) in [6.45, 7) is 22.0. The van der Waals surface area contributed by atoms with E-state index < -0.39 is 11.7 Å². The number of fused-ring (bicyclic) bond motifs is 2. The quantitative estimate of drug-likeness (QED) is 0.0492. The number of esters is 1. The molecule has 6 rings (SSSR count). The van der Waals surface area contributed by atoms with Gasteiger partial charge in [0.05, 0.1) is 65.1 Å². The average Bonchev–Trinajstić information content (AvgIpc) is 3.62. The van der Waals surface area contributed by atoms with Crippen LogP contribution in [0.4, 0.5) is 11.4 Å². The van der Waals surface area contributed by atoms with Crippen molar-refractivity contribution >= 4 is 46.1 Å². The SMILES string of the molecule is CCCCC(CC)CSc1nc2n(c(=O)n1)C(=Nc1cc3c(cc1C)N(CCOCCOCCOCCOCCO)C(C)(C)CC3)C(c1ccccc1)=C2C(=O)OC1C(C)CC(C)CC1C. The molecule has 3 atom stereocenters. The number of rotatable bonds is 25. The Morgan fingerprint density at radius 1 is 0.924 bits per heavy atom. The normalized spacial score (nSPS) is 21.3. The van der Waals surface area contributed by atoms with Crippen LogP contribution in [0.2, 0.25) is 0 Å². The molecule has 14 heteroatoms. The van der Waals surface area contributed by atoms with E-state index in [0.29, 0.717) is 93.5 Å². The molecular formula is C52H75N5O8S. The standard InChI is InChI=1S/C52H75N5O8S/c1-9-11-15-39(10-2)34-66-50-54-48-45(49(59)65-46-37(5)30-35(3)31-38(46)6)44(40-16-13-12-14-17-40)47(57(48)51(60)55-50)53-42-33-41-18-19-52(7,8)56(43(41)32-36(42)4)20-22-61-24-26-63-28-29-64-27-25-62-23-21-58/h12-14,16-17,32-33,35,37-39,46,58H,9-11,15,18-31,34H2,1-8H3. The summed E-state index contributed by atoms with van der Waals surface area (Å²) in [5.74, 6) is 2.24. The van der Waals surface area contributed by atoms with Gasteiger partial charge in [0.25, 0.3) is 0 Å². The Bertz CT molecular complexity index is 2160. The Kier molecular flexibility index (Phi) is 19.4. The average molecular weight is 930 g/mol. The topological polar surface area (TPSA) is 147 Å². The summed E-state index contributed by atoms with van der Waals surface area (Å²) in [6, 6.07) is 14.0. The van der Waals surface area contributed by atoms with Crippen molar-refractivity contribution in [1.82, 2.24) is 14.5 Å². The summed E-state index contributed by atoms with van der Waals surface area (Å²) in [5.41, 5.74) is 4.83. The second kappa shape index (κ2) is 24.9. The van der Waals surface area contributed by atoms with Gasteiger partial charge in [-0.25, -0.2) is 24.1 Å². The Morgan fingerprint density at radius 2 is 1.58 bits per heavy atom. The van der Waals surface area contributed by atoms with Crippen LogP contribution >= 0.6 is 11.8 Å². The van der Waals surface area contributed by atoms with Crippen molar-refractivity contribution in [3.8, 4) is 0 Å². The molecule has 0 radical (unpaired) electrons. The van der Waals surface area contributed by atoms with Crippen molar-refractivity contribution in [3.63, 3.8) is 0 Å². The molecule has 2 aromatic carbocycles. The first-order valence-corrected chi connectivity index (χ1v) is 25.4. The van der Waals surface area contributed by atoms with Crippen LogP contribution in [0.1, 0.15) is 116 Å². The van der Waals surface area contributed by atoms with Crippen molar-refractivity contribution in [2.75, 3.05) is 76.7 Å². The van der Waals surface area contributed by atoms with Gasteiger partial charge in [0.1, 0.15) is 11.7 Å². The van der Waals surface area contributed by atoms with Crippen LogP contribution in [-0.4, -0.2) is 115 Å². The molecule has 1 aliphatic carbocycles. The molecule has 0 spiro atoms.